The van der Waals surface area contributed by atoms with Crippen molar-refractivity contribution < 1.29 is 4.79 Å². The number of nitrogens with one attached hydrogen (secondary N) is 1. The van der Waals surface area contributed by atoms with Gasteiger partial charge in [-0.2, -0.15) is 0 Å². The zero-order valence-electron chi connectivity index (χ0n) is 17.3. The maximum atomic E-state index is 12.1. The third kappa shape index (κ3) is 4.27. The Balaban J connectivity index is 0.00000126. The van der Waals surface area contributed by atoms with Gasteiger partial charge < -0.3 is 14.8 Å². The number of anilines is 2. The van der Waals surface area contributed by atoms with Gasteiger partial charge in [0.2, 0.25) is 5.91 Å². The molecule has 0 unspecified atom stereocenters. The van der Waals surface area contributed by atoms with Crippen LogP contribution in [0.2, 0.25) is 0 Å². The molecule has 0 saturated heterocycles. The van der Waals surface area contributed by atoms with Crippen LogP contribution in [0.25, 0.3) is 10.9 Å². The van der Waals surface area contributed by atoms with Gasteiger partial charge in [-0.25, -0.2) is 4.98 Å². The maximum Gasteiger partial charge on any atom is 0.241 e. The number of fused-ring (bicyclic) bond motifs is 1. The Kier molecular flexibility index (Phi) is 6.55. The molecule has 6 heteroatoms. The lowest BCUT2D eigenvalue weighted by atomic mass is 10.2. The zero-order valence-corrected chi connectivity index (χ0v) is 17.3. The summed E-state index contributed by atoms with van der Waals surface area (Å²) >= 11 is 0. The van der Waals surface area contributed by atoms with Gasteiger partial charge in [0.05, 0.1) is 16.9 Å². The molecule has 0 atom stereocenters. The molecule has 0 fully saturated rings. The number of rotatable bonds is 4. The summed E-state index contributed by atoms with van der Waals surface area (Å²) in [5, 5.41) is 4.41. The number of amides is 1. The van der Waals surface area contributed by atoms with Crippen LogP contribution in [-0.4, -0.2) is 39.4 Å². The van der Waals surface area contributed by atoms with Crippen LogP contribution in [0, 0.1) is 20.8 Å². The smallest absolute Gasteiger partial charge is 0.241 e. The third-order valence-corrected chi connectivity index (χ3v) is 4.42. The van der Waals surface area contributed by atoms with Crippen LogP contribution < -0.4 is 5.32 Å². The molecule has 3 heterocycles. The van der Waals surface area contributed by atoms with Crippen molar-refractivity contribution in [2.75, 3.05) is 19.4 Å². The van der Waals surface area contributed by atoms with Crippen LogP contribution >= 0.6 is 0 Å². The molecule has 0 saturated carbocycles. The maximum absolute atomic E-state index is 12.1. The summed E-state index contributed by atoms with van der Waals surface area (Å²) in [4.78, 5) is 22.6. The van der Waals surface area contributed by atoms with E-state index in [-0.39, 0.29) is 5.91 Å². The molecule has 0 radical (unpaired) electrons. The van der Waals surface area contributed by atoms with E-state index >= 15 is 0 Å². The molecule has 1 N–H and O–H groups in total. The number of likely N-dealkylation sites (N-methyl/N-ethyl adjacent to an activating group) is 1. The standard InChI is InChI=1S/C19H23N5O.C2H6/c1-12-6-8-20-14(3)18(12)22-19-15-10-13(2)24(11-17(25)23(4)5)16(15)7-9-21-19;1-2/h6-10H,11H2,1-5H3,(H,21,22);1-2H3. The van der Waals surface area contributed by atoms with Crippen molar-refractivity contribution in [3.05, 3.63) is 47.5 Å². The third-order valence-electron chi connectivity index (χ3n) is 4.42. The fraction of sp³-hybridized carbons (Fsp3) is 0.381. The number of nitrogens with zero attached hydrogens (tertiary/aromatic N) is 4. The molecule has 3 rings (SSSR count). The first-order valence-electron chi connectivity index (χ1n) is 9.22. The minimum absolute atomic E-state index is 0.0610. The average Bonchev–Trinajstić information content (AvgIpc) is 2.96. The quantitative estimate of drug-likeness (QED) is 0.750. The Labute approximate surface area is 161 Å². The Morgan fingerprint density at radius 3 is 2.41 bits per heavy atom. The van der Waals surface area contributed by atoms with Crippen LogP contribution in [0.15, 0.2) is 30.6 Å². The van der Waals surface area contributed by atoms with E-state index in [1.807, 2.05) is 51.3 Å². The fourth-order valence-corrected chi connectivity index (χ4v) is 2.91. The van der Waals surface area contributed by atoms with Crippen molar-refractivity contribution in [3.8, 4) is 0 Å². The highest BCUT2D eigenvalue weighted by Gasteiger charge is 2.15. The van der Waals surface area contributed by atoms with Crippen LogP contribution in [0.5, 0.6) is 0 Å². The summed E-state index contributed by atoms with van der Waals surface area (Å²) in [5.41, 5.74) is 5.03. The van der Waals surface area contributed by atoms with Crippen molar-refractivity contribution in [1.82, 2.24) is 19.4 Å². The first-order valence-corrected chi connectivity index (χ1v) is 9.22. The first kappa shape index (κ1) is 20.4. The number of carbonyl (C=O) groups excluding carboxylic acids is 1. The van der Waals surface area contributed by atoms with Crippen LogP contribution in [0.4, 0.5) is 11.5 Å². The lowest BCUT2D eigenvalue weighted by molar-refractivity contribution is -0.129. The molecule has 27 heavy (non-hydrogen) atoms. The molecule has 3 aromatic rings. The molecule has 0 aliphatic carbocycles. The molecule has 0 spiro atoms. The highest BCUT2D eigenvalue weighted by molar-refractivity contribution is 5.94. The highest BCUT2D eigenvalue weighted by atomic mass is 16.2. The van der Waals surface area contributed by atoms with Gasteiger partial charge in [-0.15, -0.1) is 0 Å². The van der Waals surface area contributed by atoms with Gasteiger partial charge in [0.25, 0.3) is 0 Å². The van der Waals surface area contributed by atoms with E-state index in [1.54, 1.807) is 31.4 Å². The monoisotopic (exact) mass is 367 g/mol. The van der Waals surface area contributed by atoms with Gasteiger partial charge >= 0.3 is 0 Å². The summed E-state index contributed by atoms with van der Waals surface area (Å²) in [7, 11) is 3.54. The van der Waals surface area contributed by atoms with Gasteiger partial charge in [0.1, 0.15) is 12.4 Å². The molecule has 0 bridgehead atoms. The van der Waals surface area contributed by atoms with Crippen LogP contribution in [-0.2, 0) is 11.3 Å². The number of carbonyl (C=O) groups is 1. The predicted molar refractivity (Wildman–Crippen MR) is 112 cm³/mol. The fourth-order valence-electron chi connectivity index (χ4n) is 2.91. The lowest BCUT2D eigenvalue weighted by Gasteiger charge is -2.14. The van der Waals surface area contributed by atoms with Crippen molar-refractivity contribution in [3.63, 3.8) is 0 Å². The number of hydrogen-bond donors (Lipinski definition) is 1. The number of pyridine rings is 2. The van der Waals surface area contributed by atoms with E-state index < -0.39 is 0 Å². The Bertz CT molecular complexity index is 923. The largest absolute Gasteiger partial charge is 0.347 e. The number of hydrogen-bond acceptors (Lipinski definition) is 4. The van der Waals surface area contributed by atoms with Crippen LogP contribution in [0.1, 0.15) is 30.8 Å². The normalized spacial score (nSPS) is 10.3. The molecule has 144 valence electrons. The van der Waals surface area contributed by atoms with Gasteiger partial charge in [0, 0.05) is 37.6 Å². The molecule has 0 aromatic carbocycles. The Morgan fingerprint density at radius 1 is 1.11 bits per heavy atom. The molecular weight excluding hydrogens is 338 g/mol. The van der Waals surface area contributed by atoms with Crippen LogP contribution in [0.3, 0.4) is 0 Å². The average molecular weight is 367 g/mol. The van der Waals surface area contributed by atoms with E-state index in [2.05, 4.69) is 21.4 Å². The molecule has 3 aromatic heterocycles. The van der Waals surface area contributed by atoms with Gasteiger partial charge in [-0.3, -0.25) is 9.78 Å². The zero-order chi connectivity index (χ0) is 20.1. The van der Waals surface area contributed by atoms with E-state index in [0.29, 0.717) is 6.54 Å². The van der Waals surface area contributed by atoms with Crippen molar-refractivity contribution in [2.24, 2.45) is 0 Å². The number of aryl methyl sites for hydroxylation is 3. The molecule has 6 nitrogen and oxygen atoms in total. The van der Waals surface area contributed by atoms with Crippen molar-refractivity contribution >= 4 is 28.3 Å². The van der Waals surface area contributed by atoms with E-state index in [4.69, 9.17) is 0 Å². The summed E-state index contributed by atoms with van der Waals surface area (Å²) < 4.78 is 2.02. The van der Waals surface area contributed by atoms with Gasteiger partial charge in [-0.1, -0.05) is 13.8 Å². The molecular formula is C21H29N5O. The van der Waals surface area contributed by atoms with E-state index in [0.717, 1.165) is 39.4 Å². The summed E-state index contributed by atoms with van der Waals surface area (Å²) in [5.74, 6) is 0.835. The molecule has 1 amide bonds. The van der Waals surface area contributed by atoms with Crippen molar-refractivity contribution in [2.45, 2.75) is 41.2 Å². The Morgan fingerprint density at radius 2 is 1.78 bits per heavy atom. The van der Waals surface area contributed by atoms with Gasteiger partial charge in [0.15, 0.2) is 0 Å². The topological polar surface area (TPSA) is 63.1 Å². The second-order valence-electron chi connectivity index (χ2n) is 6.47. The molecule has 0 aliphatic rings. The van der Waals surface area contributed by atoms with E-state index in [9.17, 15) is 4.79 Å². The minimum Gasteiger partial charge on any atom is -0.347 e. The lowest BCUT2D eigenvalue weighted by Crippen LogP contribution is -2.26. The second-order valence-corrected chi connectivity index (χ2v) is 6.47. The summed E-state index contributed by atoms with van der Waals surface area (Å²) in [6.45, 7) is 10.3. The van der Waals surface area contributed by atoms with Gasteiger partial charge in [-0.05, 0) is 44.5 Å². The predicted octanol–water partition coefficient (Wildman–Crippen LogP) is 4.21. The van der Waals surface area contributed by atoms with E-state index in [1.165, 1.54) is 0 Å². The SMILES string of the molecule is CC.Cc1ccnc(C)c1Nc1nccc2c1cc(C)n2CC(=O)N(C)C. The highest BCUT2D eigenvalue weighted by Crippen LogP contribution is 2.29. The van der Waals surface area contributed by atoms with Crippen molar-refractivity contribution in [1.29, 1.82) is 0 Å². The summed E-state index contributed by atoms with van der Waals surface area (Å²) in [6.07, 6.45) is 3.57. The number of aromatic nitrogens is 3. The molecule has 0 aliphatic heterocycles. The minimum atomic E-state index is 0.0610. The second kappa shape index (κ2) is 8.66. The first-order chi connectivity index (χ1) is 12.9. The Hall–Kier alpha value is -2.89. The summed E-state index contributed by atoms with van der Waals surface area (Å²) in [6, 6.07) is 5.98.